The van der Waals surface area contributed by atoms with Crippen LogP contribution in [-0.4, -0.2) is 58.9 Å². The Morgan fingerprint density at radius 3 is 2.90 bits per heavy atom. The van der Waals surface area contributed by atoms with Crippen LogP contribution in [0.3, 0.4) is 0 Å². The van der Waals surface area contributed by atoms with Gasteiger partial charge in [-0.05, 0) is 37.5 Å². The largest absolute Gasteiger partial charge is 0.490 e. The van der Waals surface area contributed by atoms with E-state index < -0.39 is 6.10 Å². The Morgan fingerprint density at radius 1 is 1.39 bits per heavy atom. The van der Waals surface area contributed by atoms with E-state index in [2.05, 4.69) is 10.4 Å². The number of nitrogens with one attached hydrogen (secondary N) is 1. The summed E-state index contributed by atoms with van der Waals surface area (Å²) in [6.07, 6.45) is 4.33. The van der Waals surface area contributed by atoms with Crippen molar-refractivity contribution < 1.29 is 23.5 Å². The number of benzene rings is 1. The summed E-state index contributed by atoms with van der Waals surface area (Å²) in [5.41, 5.74) is 1.15. The molecule has 2 aliphatic rings. The lowest BCUT2D eigenvalue weighted by atomic mass is 9.83. The molecule has 3 heterocycles. The second kappa shape index (κ2) is 8.66. The van der Waals surface area contributed by atoms with E-state index in [0.29, 0.717) is 38.4 Å². The molecule has 2 saturated heterocycles. The fraction of sp³-hybridized carbons (Fsp3) is 0.500. The maximum Gasteiger partial charge on any atom is 0.253 e. The van der Waals surface area contributed by atoms with Crippen molar-refractivity contribution in [3.63, 3.8) is 0 Å². The predicted molar refractivity (Wildman–Crippen MR) is 111 cm³/mol. The number of hydrogen-bond acceptors (Lipinski definition) is 5. The summed E-state index contributed by atoms with van der Waals surface area (Å²) in [4.78, 5) is 26.4. The average Bonchev–Trinajstić information content (AvgIpc) is 3.37. The molecule has 1 atom stereocenters. The number of anilines is 1. The minimum absolute atomic E-state index is 0.0703. The van der Waals surface area contributed by atoms with Gasteiger partial charge in [0.2, 0.25) is 5.91 Å². The molecule has 1 N–H and O–H groups in total. The molecule has 2 amide bonds. The van der Waals surface area contributed by atoms with E-state index in [0.717, 1.165) is 12.0 Å². The molecule has 0 aliphatic carbocycles. The van der Waals surface area contributed by atoms with Crippen LogP contribution in [0.4, 0.5) is 10.1 Å². The second-order valence-electron chi connectivity index (χ2n) is 8.70. The zero-order valence-corrected chi connectivity index (χ0v) is 17.8. The number of likely N-dealkylation sites (tertiary alicyclic amines) is 1. The van der Waals surface area contributed by atoms with Crippen LogP contribution < -0.4 is 10.1 Å². The number of amides is 2. The Bertz CT molecular complexity index is 964. The number of nitrogens with zero attached hydrogens (tertiary/aromatic N) is 3. The lowest BCUT2D eigenvalue weighted by Gasteiger charge is -2.47. The van der Waals surface area contributed by atoms with Crippen LogP contribution in [-0.2, 0) is 20.9 Å². The number of halogens is 1. The number of carbonyl (C=O) groups excluding carboxylic acids is 2. The molecule has 1 aromatic carbocycles. The highest BCUT2D eigenvalue weighted by molar-refractivity contribution is 5.94. The monoisotopic (exact) mass is 430 g/mol. The van der Waals surface area contributed by atoms with Crippen molar-refractivity contribution in [1.29, 1.82) is 0 Å². The summed E-state index contributed by atoms with van der Waals surface area (Å²) < 4.78 is 26.4. The summed E-state index contributed by atoms with van der Waals surface area (Å²) in [6.45, 7) is 5.91. The first-order chi connectivity index (χ1) is 14.8. The van der Waals surface area contributed by atoms with Crippen LogP contribution in [0.15, 0.2) is 30.6 Å². The number of rotatable bonds is 7. The van der Waals surface area contributed by atoms with Crippen LogP contribution in [0.5, 0.6) is 5.75 Å². The number of aryl methyl sites for hydroxylation is 1. The van der Waals surface area contributed by atoms with Gasteiger partial charge < -0.3 is 19.7 Å². The molecule has 0 unspecified atom stereocenters. The highest BCUT2D eigenvalue weighted by Gasteiger charge is 2.42. The van der Waals surface area contributed by atoms with E-state index in [1.54, 1.807) is 23.2 Å². The second-order valence-corrected chi connectivity index (χ2v) is 8.70. The molecule has 9 heteroatoms. The summed E-state index contributed by atoms with van der Waals surface area (Å²) >= 11 is 0. The average molecular weight is 430 g/mol. The van der Waals surface area contributed by atoms with Crippen molar-refractivity contribution in [2.45, 2.75) is 39.3 Å². The van der Waals surface area contributed by atoms with E-state index in [4.69, 9.17) is 9.47 Å². The summed E-state index contributed by atoms with van der Waals surface area (Å²) in [5.74, 6) is -0.409. The van der Waals surface area contributed by atoms with E-state index in [-0.39, 0.29) is 35.3 Å². The Balaban J connectivity index is 1.23. The molecule has 0 saturated carbocycles. The van der Waals surface area contributed by atoms with Gasteiger partial charge in [-0.3, -0.25) is 14.3 Å². The van der Waals surface area contributed by atoms with E-state index in [9.17, 15) is 14.0 Å². The topological polar surface area (TPSA) is 85.7 Å². The minimum Gasteiger partial charge on any atom is -0.490 e. The third-order valence-electron chi connectivity index (χ3n) is 5.58. The Kier molecular flexibility index (Phi) is 5.95. The van der Waals surface area contributed by atoms with Gasteiger partial charge in [-0.1, -0.05) is 13.0 Å². The van der Waals surface area contributed by atoms with Crippen LogP contribution in [0.1, 0.15) is 25.3 Å². The first-order valence-electron chi connectivity index (χ1n) is 10.4. The third kappa shape index (κ3) is 5.04. The molecule has 4 rings (SSSR count). The summed E-state index contributed by atoms with van der Waals surface area (Å²) in [7, 11) is 0. The van der Waals surface area contributed by atoms with Crippen LogP contribution in [0.25, 0.3) is 0 Å². The Labute approximate surface area is 180 Å². The SMILES string of the molecule is Cc1ccc(OCC2(C)CN(C(=O)Cn3cc(NC(=O)[C@H]4CCCO4)cn3)C2)c(F)c1. The van der Waals surface area contributed by atoms with Crippen molar-refractivity contribution in [3.8, 4) is 5.75 Å². The first kappa shape index (κ1) is 21.3. The highest BCUT2D eigenvalue weighted by atomic mass is 19.1. The number of hydrogen-bond donors (Lipinski definition) is 1. The van der Waals surface area contributed by atoms with Gasteiger partial charge in [0.15, 0.2) is 11.6 Å². The van der Waals surface area contributed by atoms with Crippen molar-refractivity contribution in [1.82, 2.24) is 14.7 Å². The molecule has 1 aromatic heterocycles. The zero-order valence-electron chi connectivity index (χ0n) is 17.8. The first-order valence-corrected chi connectivity index (χ1v) is 10.4. The quantitative estimate of drug-likeness (QED) is 0.729. The molecule has 2 fully saturated rings. The fourth-order valence-electron chi connectivity index (χ4n) is 3.88. The van der Waals surface area contributed by atoms with Gasteiger partial charge in [-0.15, -0.1) is 0 Å². The predicted octanol–water partition coefficient (Wildman–Crippen LogP) is 2.38. The molecule has 0 bridgehead atoms. The van der Waals surface area contributed by atoms with Crippen LogP contribution >= 0.6 is 0 Å². The van der Waals surface area contributed by atoms with Gasteiger partial charge in [-0.25, -0.2) is 4.39 Å². The normalized spacial score (nSPS) is 19.7. The summed E-state index contributed by atoms with van der Waals surface area (Å²) in [6, 6.07) is 4.87. The van der Waals surface area contributed by atoms with E-state index >= 15 is 0 Å². The molecule has 0 spiro atoms. The molecule has 166 valence electrons. The molecular formula is C22H27FN4O4. The van der Waals surface area contributed by atoms with Crippen molar-refractivity contribution in [2.75, 3.05) is 31.6 Å². The van der Waals surface area contributed by atoms with Crippen molar-refractivity contribution in [3.05, 3.63) is 42.0 Å². The van der Waals surface area contributed by atoms with Gasteiger partial charge in [0.05, 0.1) is 18.5 Å². The number of aromatic nitrogens is 2. The third-order valence-corrected chi connectivity index (χ3v) is 5.58. The Hall–Kier alpha value is -2.94. The van der Waals surface area contributed by atoms with Crippen LogP contribution in [0, 0.1) is 18.2 Å². The van der Waals surface area contributed by atoms with Gasteiger partial charge in [0.25, 0.3) is 5.91 Å². The van der Waals surface area contributed by atoms with Gasteiger partial charge >= 0.3 is 0 Å². The molecule has 2 aliphatic heterocycles. The summed E-state index contributed by atoms with van der Waals surface area (Å²) in [5, 5.41) is 6.92. The van der Waals surface area contributed by atoms with E-state index in [1.165, 1.54) is 16.9 Å². The minimum atomic E-state index is -0.417. The maximum atomic E-state index is 13.9. The molecular weight excluding hydrogens is 403 g/mol. The standard InChI is InChI=1S/C22H27FN4O4/c1-15-5-6-18(17(23)8-15)31-14-22(2)12-26(13-22)20(28)11-27-10-16(9-24-27)25-21(29)19-4-3-7-30-19/h5-6,8-10,19H,3-4,7,11-14H2,1-2H3,(H,25,29)/t19-/m1/s1. The number of ether oxygens (including phenoxy) is 2. The lowest BCUT2D eigenvalue weighted by molar-refractivity contribution is -0.145. The molecule has 2 aromatic rings. The molecule has 0 radical (unpaired) electrons. The fourth-order valence-corrected chi connectivity index (χ4v) is 3.88. The smallest absolute Gasteiger partial charge is 0.253 e. The van der Waals surface area contributed by atoms with Gasteiger partial charge in [0.1, 0.15) is 12.6 Å². The molecule has 31 heavy (non-hydrogen) atoms. The highest BCUT2D eigenvalue weighted by Crippen LogP contribution is 2.31. The number of carbonyl (C=O) groups is 2. The maximum absolute atomic E-state index is 13.9. The molecule has 8 nitrogen and oxygen atoms in total. The Morgan fingerprint density at radius 2 is 2.19 bits per heavy atom. The van der Waals surface area contributed by atoms with Crippen molar-refractivity contribution in [2.24, 2.45) is 5.41 Å². The van der Waals surface area contributed by atoms with Crippen LogP contribution in [0.2, 0.25) is 0 Å². The van der Waals surface area contributed by atoms with Gasteiger partial charge in [0, 0.05) is 31.3 Å². The zero-order chi connectivity index (χ0) is 22.0. The lowest BCUT2D eigenvalue weighted by Crippen LogP contribution is -2.60. The van der Waals surface area contributed by atoms with Crippen molar-refractivity contribution >= 4 is 17.5 Å². The van der Waals surface area contributed by atoms with Gasteiger partial charge in [-0.2, -0.15) is 5.10 Å². The van der Waals surface area contributed by atoms with E-state index in [1.807, 2.05) is 13.8 Å².